The monoisotopic (exact) mass is 208 g/mol. The number of rotatable bonds is 2. The molecule has 13 heavy (non-hydrogen) atoms. The van der Waals surface area contributed by atoms with Crippen molar-refractivity contribution in [2.24, 2.45) is 0 Å². The van der Waals surface area contributed by atoms with Gasteiger partial charge >= 0.3 is 6.09 Å². The van der Waals surface area contributed by atoms with Gasteiger partial charge in [0.15, 0.2) is 0 Å². The zero-order valence-electron chi connectivity index (χ0n) is 6.80. The molecular weight excluding hydrogens is 199 g/mol. The number of carboxylic acid groups (broad SMARTS) is 1. The molecule has 0 radical (unpaired) electrons. The van der Waals surface area contributed by atoms with E-state index in [-0.39, 0.29) is 6.54 Å². The third-order valence-electron chi connectivity index (χ3n) is 1.65. The Hall–Kier alpha value is -1.07. The van der Waals surface area contributed by atoms with Crippen LogP contribution in [0.3, 0.4) is 0 Å². The van der Waals surface area contributed by atoms with Crippen molar-refractivity contribution in [1.82, 2.24) is 9.99 Å². The van der Waals surface area contributed by atoms with Crippen LogP contribution in [0.15, 0.2) is 0 Å². The lowest BCUT2D eigenvalue weighted by Crippen LogP contribution is -2.61. The molecule has 0 aromatic carbocycles. The highest BCUT2D eigenvalue weighted by atomic mass is 31.2. The SMILES string of the molecule is CP(=O)(O)N1CC(NC(=O)O)C1=O. The molecule has 1 rings (SSSR count). The Morgan fingerprint density at radius 2 is 2.31 bits per heavy atom. The Balaban J connectivity index is 2.54. The quantitative estimate of drug-likeness (QED) is 0.410. The Kier molecular flexibility index (Phi) is 2.32. The minimum atomic E-state index is -3.56. The molecule has 0 bridgehead atoms. The summed E-state index contributed by atoms with van der Waals surface area (Å²) in [4.78, 5) is 30.0. The molecule has 74 valence electrons. The first-order valence-corrected chi connectivity index (χ1v) is 5.50. The second-order valence-electron chi connectivity index (χ2n) is 2.76. The normalized spacial score (nSPS) is 26.2. The van der Waals surface area contributed by atoms with E-state index in [2.05, 4.69) is 0 Å². The van der Waals surface area contributed by atoms with Gasteiger partial charge in [-0.1, -0.05) is 0 Å². The second kappa shape index (κ2) is 3.01. The maximum absolute atomic E-state index is 11.0. The third kappa shape index (κ3) is 1.99. The maximum atomic E-state index is 11.0. The van der Waals surface area contributed by atoms with Crippen LogP contribution >= 0.6 is 7.52 Å². The molecule has 2 amide bonds. The van der Waals surface area contributed by atoms with Crippen molar-refractivity contribution in [3.63, 3.8) is 0 Å². The molecule has 1 heterocycles. The van der Waals surface area contributed by atoms with E-state index < -0.39 is 25.6 Å². The zero-order valence-corrected chi connectivity index (χ0v) is 7.69. The van der Waals surface area contributed by atoms with Gasteiger partial charge in [-0.05, 0) is 0 Å². The average molecular weight is 208 g/mol. The molecule has 1 saturated heterocycles. The highest BCUT2D eigenvalue weighted by Gasteiger charge is 2.44. The fraction of sp³-hybridized carbons (Fsp3) is 0.600. The summed E-state index contributed by atoms with van der Waals surface area (Å²) in [6, 6.07) is -0.877. The van der Waals surface area contributed by atoms with E-state index in [9.17, 15) is 14.2 Å². The number of carbonyl (C=O) groups excluding carboxylic acids is 1. The van der Waals surface area contributed by atoms with Gasteiger partial charge in [0.05, 0.1) is 6.54 Å². The first-order chi connectivity index (χ1) is 5.82. The van der Waals surface area contributed by atoms with Gasteiger partial charge in [-0.3, -0.25) is 14.0 Å². The predicted octanol–water partition coefficient (Wildman–Crippen LogP) is -0.720. The Morgan fingerprint density at radius 1 is 1.77 bits per heavy atom. The van der Waals surface area contributed by atoms with Crippen molar-refractivity contribution in [2.75, 3.05) is 13.2 Å². The molecule has 8 heteroatoms. The van der Waals surface area contributed by atoms with Gasteiger partial charge in [0.1, 0.15) is 6.04 Å². The summed E-state index contributed by atoms with van der Waals surface area (Å²) in [5.41, 5.74) is 0. The molecule has 1 aliphatic heterocycles. The first kappa shape index (κ1) is 10.0. The zero-order chi connectivity index (χ0) is 10.2. The van der Waals surface area contributed by atoms with Gasteiger partial charge < -0.3 is 15.3 Å². The summed E-state index contributed by atoms with van der Waals surface area (Å²) in [5, 5.41) is 10.2. The van der Waals surface area contributed by atoms with Crippen molar-refractivity contribution < 1.29 is 24.2 Å². The van der Waals surface area contributed by atoms with Gasteiger partial charge in [-0.2, -0.15) is 0 Å². The summed E-state index contributed by atoms with van der Waals surface area (Å²) >= 11 is 0. The second-order valence-corrected chi connectivity index (χ2v) is 4.91. The van der Waals surface area contributed by atoms with Crippen LogP contribution in [0.2, 0.25) is 0 Å². The number of nitrogens with one attached hydrogen (secondary N) is 1. The van der Waals surface area contributed by atoms with Crippen LogP contribution in [0.5, 0.6) is 0 Å². The number of amides is 2. The van der Waals surface area contributed by atoms with E-state index in [0.717, 1.165) is 11.3 Å². The molecule has 1 aliphatic rings. The highest BCUT2D eigenvalue weighted by Crippen LogP contribution is 2.44. The van der Waals surface area contributed by atoms with E-state index in [1.54, 1.807) is 0 Å². The number of carbonyl (C=O) groups is 2. The number of hydrogen-bond acceptors (Lipinski definition) is 3. The maximum Gasteiger partial charge on any atom is 0.405 e. The summed E-state index contributed by atoms with van der Waals surface area (Å²) in [6.45, 7) is 0.983. The van der Waals surface area contributed by atoms with E-state index in [1.165, 1.54) is 0 Å². The molecule has 0 saturated carbocycles. The van der Waals surface area contributed by atoms with Crippen LogP contribution in [-0.2, 0) is 9.36 Å². The lowest BCUT2D eigenvalue weighted by atomic mass is 10.2. The van der Waals surface area contributed by atoms with E-state index in [0.29, 0.717) is 0 Å². The molecule has 2 unspecified atom stereocenters. The summed E-state index contributed by atoms with van der Waals surface area (Å²) in [7, 11) is -3.56. The fourth-order valence-corrected chi connectivity index (χ4v) is 1.97. The molecule has 0 spiro atoms. The van der Waals surface area contributed by atoms with Gasteiger partial charge in [0, 0.05) is 6.66 Å². The molecule has 0 aliphatic carbocycles. The Labute approximate surface area is 73.8 Å². The number of hydrogen-bond donors (Lipinski definition) is 3. The largest absolute Gasteiger partial charge is 0.465 e. The van der Waals surface area contributed by atoms with Gasteiger partial charge in [-0.15, -0.1) is 0 Å². The Bertz CT molecular complexity index is 297. The summed E-state index contributed by atoms with van der Waals surface area (Å²) < 4.78 is 11.7. The number of nitrogens with zero attached hydrogens (tertiary/aromatic N) is 1. The van der Waals surface area contributed by atoms with Gasteiger partial charge in [0.2, 0.25) is 0 Å². The molecule has 3 N–H and O–H groups in total. The van der Waals surface area contributed by atoms with Crippen LogP contribution in [0, 0.1) is 0 Å². The topological polar surface area (TPSA) is 107 Å². The smallest absolute Gasteiger partial charge is 0.405 e. The van der Waals surface area contributed by atoms with Crippen molar-refractivity contribution in [3.05, 3.63) is 0 Å². The van der Waals surface area contributed by atoms with Crippen LogP contribution < -0.4 is 5.32 Å². The summed E-state index contributed by atoms with van der Waals surface area (Å²) in [6.07, 6.45) is -1.32. The van der Waals surface area contributed by atoms with E-state index >= 15 is 0 Å². The van der Waals surface area contributed by atoms with Gasteiger partial charge in [0.25, 0.3) is 13.4 Å². The van der Waals surface area contributed by atoms with Crippen LogP contribution in [0.1, 0.15) is 0 Å². The standard InChI is InChI=1S/C5H9N2O5P/c1-13(11,12)7-2-3(4(7)8)6-5(9)10/h3,6H,2H2,1H3,(H,9,10)(H,11,12). The fourth-order valence-electron chi connectivity index (χ4n) is 0.999. The molecule has 0 aromatic heterocycles. The van der Waals surface area contributed by atoms with Crippen LogP contribution in [0.4, 0.5) is 4.79 Å². The van der Waals surface area contributed by atoms with Crippen molar-refractivity contribution in [3.8, 4) is 0 Å². The molecule has 2 atom stereocenters. The third-order valence-corrected chi connectivity index (χ3v) is 2.91. The minimum absolute atomic E-state index is 0.0462. The lowest BCUT2D eigenvalue weighted by molar-refractivity contribution is -0.137. The lowest BCUT2D eigenvalue weighted by Gasteiger charge is -2.38. The van der Waals surface area contributed by atoms with E-state index in [4.69, 9.17) is 10.00 Å². The van der Waals surface area contributed by atoms with Crippen molar-refractivity contribution in [2.45, 2.75) is 6.04 Å². The molecule has 1 fully saturated rings. The van der Waals surface area contributed by atoms with Crippen molar-refractivity contribution >= 4 is 19.5 Å². The number of β-lactam (4-membered cyclic amide) rings is 1. The molecular formula is C5H9N2O5P. The summed E-state index contributed by atoms with van der Waals surface area (Å²) in [5.74, 6) is -0.657. The van der Waals surface area contributed by atoms with Crippen LogP contribution in [0.25, 0.3) is 0 Å². The average Bonchev–Trinajstić information content (AvgIpc) is 1.93. The molecule has 7 nitrogen and oxygen atoms in total. The first-order valence-electron chi connectivity index (χ1n) is 3.44. The van der Waals surface area contributed by atoms with E-state index in [1.807, 2.05) is 5.32 Å². The van der Waals surface area contributed by atoms with Crippen molar-refractivity contribution in [1.29, 1.82) is 0 Å². The van der Waals surface area contributed by atoms with Gasteiger partial charge in [-0.25, -0.2) is 4.79 Å². The predicted molar refractivity (Wildman–Crippen MR) is 42.4 cm³/mol. The van der Waals surface area contributed by atoms with Crippen LogP contribution in [-0.4, -0.2) is 45.9 Å². The Morgan fingerprint density at radius 3 is 2.62 bits per heavy atom. The minimum Gasteiger partial charge on any atom is -0.465 e. The highest BCUT2D eigenvalue weighted by molar-refractivity contribution is 7.55. The molecule has 0 aromatic rings.